The number of benzene rings is 1. The van der Waals surface area contributed by atoms with Gasteiger partial charge in [-0.3, -0.25) is 4.99 Å². The second-order valence-corrected chi connectivity index (χ2v) is 5.57. The minimum atomic E-state index is -0.809. The molecular formula is C16H25F2IN4. The van der Waals surface area contributed by atoms with Gasteiger partial charge in [0.15, 0.2) is 17.6 Å². The van der Waals surface area contributed by atoms with E-state index in [1.54, 1.807) is 6.07 Å². The maximum absolute atomic E-state index is 13.3. The summed E-state index contributed by atoms with van der Waals surface area (Å²) in [6.45, 7) is 8.08. The van der Waals surface area contributed by atoms with Crippen molar-refractivity contribution < 1.29 is 8.78 Å². The minimum absolute atomic E-state index is 0. The molecule has 1 aliphatic heterocycles. The summed E-state index contributed by atoms with van der Waals surface area (Å²) < 4.78 is 26.3. The van der Waals surface area contributed by atoms with E-state index in [4.69, 9.17) is 5.73 Å². The van der Waals surface area contributed by atoms with Crippen LogP contribution in [0.2, 0.25) is 0 Å². The van der Waals surface area contributed by atoms with Crippen LogP contribution < -0.4 is 10.6 Å². The molecule has 4 nitrogen and oxygen atoms in total. The van der Waals surface area contributed by atoms with E-state index in [9.17, 15) is 8.78 Å². The van der Waals surface area contributed by atoms with Crippen molar-refractivity contribution in [3.8, 4) is 0 Å². The van der Waals surface area contributed by atoms with Gasteiger partial charge in [-0.25, -0.2) is 8.78 Å². The van der Waals surface area contributed by atoms with Crippen LogP contribution in [-0.2, 0) is 0 Å². The van der Waals surface area contributed by atoms with Crippen molar-refractivity contribution in [1.82, 2.24) is 4.90 Å². The zero-order valence-electron chi connectivity index (χ0n) is 13.6. The zero-order chi connectivity index (χ0) is 16.1. The van der Waals surface area contributed by atoms with Crippen molar-refractivity contribution in [2.75, 3.05) is 37.6 Å². The minimum Gasteiger partial charge on any atom is -0.371 e. The Hall–Kier alpha value is -1.12. The van der Waals surface area contributed by atoms with E-state index in [1.165, 1.54) is 12.1 Å². The van der Waals surface area contributed by atoms with Crippen LogP contribution in [0.1, 0.15) is 20.3 Å². The maximum atomic E-state index is 13.3. The highest BCUT2D eigenvalue weighted by molar-refractivity contribution is 14.0. The number of anilines is 1. The molecule has 1 aromatic carbocycles. The van der Waals surface area contributed by atoms with Crippen molar-refractivity contribution in [3.63, 3.8) is 0 Å². The van der Waals surface area contributed by atoms with Gasteiger partial charge in [0, 0.05) is 44.5 Å². The summed E-state index contributed by atoms with van der Waals surface area (Å²) in [5, 5.41) is 0. The van der Waals surface area contributed by atoms with Gasteiger partial charge in [-0.1, -0.05) is 0 Å². The Bertz CT molecular complexity index is 535. The second-order valence-electron chi connectivity index (χ2n) is 5.57. The van der Waals surface area contributed by atoms with Gasteiger partial charge in [0.25, 0.3) is 0 Å². The number of guanidine groups is 1. The Morgan fingerprint density at radius 2 is 2.00 bits per heavy atom. The lowest BCUT2D eigenvalue weighted by Crippen LogP contribution is -2.37. The molecule has 1 aromatic rings. The standard InChI is InChI=1S/C16H24F2N4.HI/c1-3-21(4-2)16(19)20-10-12-7-8-22(11-12)13-5-6-14(17)15(18)9-13;/h5-6,9,12H,3-4,7-8,10-11H2,1-2H3,(H2,19,20);1H. The molecule has 2 rings (SSSR count). The summed E-state index contributed by atoms with van der Waals surface area (Å²) in [5.74, 6) is -0.639. The van der Waals surface area contributed by atoms with Crippen LogP contribution in [0.4, 0.5) is 14.5 Å². The van der Waals surface area contributed by atoms with E-state index in [1.807, 2.05) is 18.7 Å². The summed E-state index contributed by atoms with van der Waals surface area (Å²) in [5.41, 5.74) is 6.69. The van der Waals surface area contributed by atoms with Crippen molar-refractivity contribution in [2.24, 2.45) is 16.6 Å². The number of rotatable bonds is 5. The summed E-state index contributed by atoms with van der Waals surface area (Å²) in [4.78, 5) is 8.55. The van der Waals surface area contributed by atoms with E-state index in [0.29, 0.717) is 18.4 Å². The molecular weight excluding hydrogens is 413 g/mol. The number of hydrogen-bond acceptors (Lipinski definition) is 2. The first-order chi connectivity index (χ1) is 10.5. The van der Waals surface area contributed by atoms with Crippen molar-refractivity contribution in [2.45, 2.75) is 20.3 Å². The largest absolute Gasteiger partial charge is 0.371 e. The third kappa shape index (κ3) is 5.19. The van der Waals surface area contributed by atoms with Gasteiger partial charge < -0.3 is 15.5 Å². The summed E-state index contributed by atoms with van der Waals surface area (Å²) >= 11 is 0. The summed E-state index contributed by atoms with van der Waals surface area (Å²) in [6, 6.07) is 4.05. The molecule has 2 N–H and O–H groups in total. The topological polar surface area (TPSA) is 44.9 Å². The van der Waals surface area contributed by atoms with Crippen molar-refractivity contribution >= 4 is 35.6 Å². The lowest BCUT2D eigenvalue weighted by molar-refractivity contribution is 0.455. The smallest absolute Gasteiger partial charge is 0.191 e. The fraction of sp³-hybridized carbons (Fsp3) is 0.562. The van der Waals surface area contributed by atoms with Gasteiger partial charge in [0.05, 0.1) is 0 Å². The lowest BCUT2D eigenvalue weighted by atomic mass is 10.1. The molecule has 1 atom stereocenters. The van der Waals surface area contributed by atoms with Gasteiger partial charge in [-0.15, -0.1) is 24.0 Å². The van der Waals surface area contributed by atoms with Crippen molar-refractivity contribution in [3.05, 3.63) is 29.8 Å². The Morgan fingerprint density at radius 1 is 1.30 bits per heavy atom. The molecule has 0 radical (unpaired) electrons. The number of nitrogens with zero attached hydrogens (tertiary/aromatic N) is 3. The molecule has 23 heavy (non-hydrogen) atoms. The maximum Gasteiger partial charge on any atom is 0.191 e. The molecule has 1 fully saturated rings. The SMILES string of the molecule is CCN(CC)C(N)=NCC1CCN(c2ccc(F)c(F)c2)C1.I. The fourth-order valence-corrected chi connectivity index (χ4v) is 2.77. The van der Waals surface area contributed by atoms with Crippen LogP contribution in [0.3, 0.4) is 0 Å². The highest BCUT2D eigenvalue weighted by Crippen LogP contribution is 2.25. The molecule has 1 saturated heterocycles. The fourth-order valence-electron chi connectivity index (χ4n) is 2.77. The Morgan fingerprint density at radius 3 is 2.61 bits per heavy atom. The van der Waals surface area contributed by atoms with Gasteiger partial charge >= 0.3 is 0 Å². The molecule has 1 heterocycles. The van der Waals surface area contributed by atoms with Gasteiger partial charge in [0.2, 0.25) is 0 Å². The molecule has 0 bridgehead atoms. The Labute approximate surface area is 153 Å². The summed E-state index contributed by atoms with van der Waals surface area (Å²) in [7, 11) is 0. The molecule has 0 amide bonds. The zero-order valence-corrected chi connectivity index (χ0v) is 16.0. The molecule has 0 aliphatic carbocycles. The highest BCUT2D eigenvalue weighted by atomic mass is 127. The van der Waals surface area contributed by atoms with E-state index < -0.39 is 11.6 Å². The Kier molecular flexibility index (Phi) is 8.01. The molecule has 1 aliphatic rings. The predicted octanol–water partition coefficient (Wildman–Crippen LogP) is 3.07. The lowest BCUT2D eigenvalue weighted by Gasteiger charge is -2.20. The van der Waals surface area contributed by atoms with Gasteiger partial charge in [-0.2, -0.15) is 0 Å². The van der Waals surface area contributed by atoms with E-state index >= 15 is 0 Å². The third-order valence-corrected chi connectivity index (χ3v) is 4.15. The van der Waals surface area contributed by atoms with Gasteiger partial charge in [-0.05, 0) is 38.3 Å². The molecule has 1 unspecified atom stereocenters. The average molecular weight is 438 g/mol. The molecule has 0 saturated carbocycles. The number of aliphatic imine (C=N–C) groups is 1. The van der Waals surface area contributed by atoms with Crippen molar-refractivity contribution in [1.29, 1.82) is 0 Å². The van der Waals surface area contributed by atoms with Crippen LogP contribution in [0.15, 0.2) is 23.2 Å². The normalized spacial score (nSPS) is 18.0. The van der Waals surface area contributed by atoms with Crippen LogP contribution >= 0.6 is 24.0 Å². The van der Waals surface area contributed by atoms with Crippen LogP contribution in [0.25, 0.3) is 0 Å². The quantitative estimate of drug-likeness (QED) is 0.437. The van der Waals surface area contributed by atoms with E-state index in [2.05, 4.69) is 9.89 Å². The number of hydrogen-bond donors (Lipinski definition) is 1. The number of nitrogens with two attached hydrogens (primary N) is 1. The Balaban J connectivity index is 0.00000264. The summed E-state index contributed by atoms with van der Waals surface area (Å²) in [6.07, 6.45) is 0.980. The highest BCUT2D eigenvalue weighted by Gasteiger charge is 2.23. The first-order valence-corrected chi connectivity index (χ1v) is 7.80. The molecule has 130 valence electrons. The average Bonchev–Trinajstić information content (AvgIpc) is 2.98. The molecule has 0 aromatic heterocycles. The molecule has 7 heteroatoms. The van der Waals surface area contributed by atoms with Crippen LogP contribution in [0.5, 0.6) is 0 Å². The van der Waals surface area contributed by atoms with Crippen LogP contribution in [0, 0.1) is 17.6 Å². The first kappa shape index (κ1) is 19.9. The van der Waals surface area contributed by atoms with Gasteiger partial charge in [0.1, 0.15) is 0 Å². The third-order valence-electron chi connectivity index (χ3n) is 4.15. The molecule has 0 spiro atoms. The monoisotopic (exact) mass is 438 g/mol. The number of halogens is 3. The van der Waals surface area contributed by atoms with E-state index in [0.717, 1.165) is 38.3 Å². The first-order valence-electron chi connectivity index (χ1n) is 7.80. The second kappa shape index (κ2) is 9.24. The van der Waals surface area contributed by atoms with E-state index in [-0.39, 0.29) is 24.0 Å². The van der Waals surface area contributed by atoms with Crippen LogP contribution in [-0.4, -0.2) is 43.6 Å². The predicted molar refractivity (Wildman–Crippen MR) is 102 cm³/mol.